The summed E-state index contributed by atoms with van der Waals surface area (Å²) in [6.45, 7) is 3.73. The molecule has 0 aliphatic heterocycles. The van der Waals surface area contributed by atoms with E-state index < -0.39 is 0 Å². The smallest absolute Gasteiger partial charge is 0.204 e. The van der Waals surface area contributed by atoms with Crippen molar-refractivity contribution in [3.8, 4) is 0 Å². The summed E-state index contributed by atoms with van der Waals surface area (Å²) in [6.07, 6.45) is 4.85. The number of nitrogens with zero attached hydrogens (tertiary/aromatic N) is 2. The van der Waals surface area contributed by atoms with Crippen LogP contribution in [0.5, 0.6) is 0 Å². The molecule has 1 saturated carbocycles. The second-order valence-electron chi connectivity index (χ2n) is 5.86. The zero-order valence-corrected chi connectivity index (χ0v) is 12.5. The molecule has 3 rings (SSSR count). The van der Waals surface area contributed by atoms with Crippen molar-refractivity contribution in [2.45, 2.75) is 38.6 Å². The number of aromatic amines is 1. The Kier molecular flexibility index (Phi) is 4.10. The Bertz CT molecular complexity index is 609. The van der Waals surface area contributed by atoms with Crippen molar-refractivity contribution in [1.29, 1.82) is 0 Å². The average molecular weight is 290 g/mol. The molecule has 1 aromatic carbocycles. The maximum absolute atomic E-state index is 13.3. The van der Waals surface area contributed by atoms with Gasteiger partial charge in [-0.1, -0.05) is 12.8 Å². The Morgan fingerprint density at radius 3 is 2.95 bits per heavy atom. The van der Waals surface area contributed by atoms with Crippen molar-refractivity contribution in [3.05, 3.63) is 24.0 Å². The molecule has 1 aliphatic carbocycles. The summed E-state index contributed by atoms with van der Waals surface area (Å²) in [6, 6.07) is 5.10. The second kappa shape index (κ2) is 6.02. The zero-order chi connectivity index (χ0) is 14.8. The van der Waals surface area contributed by atoms with Crippen molar-refractivity contribution in [3.63, 3.8) is 0 Å². The van der Waals surface area contributed by atoms with Gasteiger partial charge in [-0.3, -0.25) is 0 Å². The van der Waals surface area contributed by atoms with Gasteiger partial charge in [-0.15, -0.1) is 0 Å². The second-order valence-corrected chi connectivity index (χ2v) is 5.86. The maximum atomic E-state index is 13.3. The summed E-state index contributed by atoms with van der Waals surface area (Å²) in [7, 11) is 0. The molecule has 1 heterocycles. The van der Waals surface area contributed by atoms with Crippen molar-refractivity contribution in [1.82, 2.24) is 9.97 Å². The summed E-state index contributed by atoms with van der Waals surface area (Å²) in [4.78, 5) is 10.2. The number of benzene rings is 1. The first kappa shape index (κ1) is 14.3. The number of H-pyrrole nitrogens is 1. The van der Waals surface area contributed by atoms with Gasteiger partial charge in [0.25, 0.3) is 0 Å². The molecule has 0 radical (unpaired) electrons. The number of aromatic nitrogens is 2. The van der Waals surface area contributed by atoms with Crippen molar-refractivity contribution in [2.75, 3.05) is 18.0 Å². The van der Waals surface area contributed by atoms with Crippen LogP contribution < -0.4 is 10.6 Å². The van der Waals surface area contributed by atoms with Crippen LogP contribution >= 0.6 is 0 Å². The minimum absolute atomic E-state index is 0.238. The van der Waals surface area contributed by atoms with Crippen LogP contribution in [0.1, 0.15) is 32.6 Å². The normalized spacial score (nSPS) is 22.6. The van der Waals surface area contributed by atoms with Crippen molar-refractivity contribution < 1.29 is 4.39 Å². The van der Waals surface area contributed by atoms with Crippen LogP contribution in [-0.2, 0) is 0 Å². The molecular weight excluding hydrogens is 267 g/mol. The van der Waals surface area contributed by atoms with Crippen LogP contribution in [0.25, 0.3) is 11.0 Å². The third-order valence-corrected chi connectivity index (χ3v) is 4.62. The number of imidazole rings is 1. The van der Waals surface area contributed by atoms with Gasteiger partial charge in [-0.05, 0) is 50.4 Å². The summed E-state index contributed by atoms with van der Waals surface area (Å²) in [5.74, 6) is 1.12. The number of anilines is 1. The first-order valence-corrected chi connectivity index (χ1v) is 7.85. The van der Waals surface area contributed by atoms with Gasteiger partial charge in [0.1, 0.15) is 5.82 Å². The molecule has 4 nitrogen and oxygen atoms in total. The van der Waals surface area contributed by atoms with E-state index in [-0.39, 0.29) is 5.82 Å². The zero-order valence-electron chi connectivity index (χ0n) is 12.5. The molecule has 2 atom stereocenters. The largest absolute Gasteiger partial charge is 0.339 e. The first-order valence-electron chi connectivity index (χ1n) is 7.85. The molecule has 0 amide bonds. The lowest BCUT2D eigenvalue weighted by molar-refractivity contribution is 0.299. The molecule has 21 heavy (non-hydrogen) atoms. The summed E-state index contributed by atoms with van der Waals surface area (Å²) < 4.78 is 13.3. The molecule has 0 bridgehead atoms. The van der Waals surface area contributed by atoms with E-state index in [2.05, 4.69) is 21.8 Å². The maximum Gasteiger partial charge on any atom is 0.204 e. The highest BCUT2D eigenvalue weighted by Gasteiger charge is 2.30. The van der Waals surface area contributed by atoms with Gasteiger partial charge < -0.3 is 15.6 Å². The highest BCUT2D eigenvalue weighted by Crippen LogP contribution is 2.31. The number of nitrogens with one attached hydrogen (secondary N) is 1. The number of hydrogen-bond donors (Lipinski definition) is 2. The van der Waals surface area contributed by atoms with E-state index in [1.807, 2.05) is 0 Å². The molecule has 2 unspecified atom stereocenters. The third-order valence-electron chi connectivity index (χ3n) is 4.62. The van der Waals surface area contributed by atoms with E-state index in [1.54, 1.807) is 6.07 Å². The predicted octanol–water partition coefficient (Wildman–Crippen LogP) is 3.05. The van der Waals surface area contributed by atoms with Gasteiger partial charge in [-0.25, -0.2) is 9.37 Å². The van der Waals surface area contributed by atoms with Gasteiger partial charge in [0, 0.05) is 12.6 Å². The standard InChI is InChI=1S/C16H23FN4/c1-2-21(15-6-4-3-5-11(15)10-18)16-19-13-8-7-12(17)9-14(13)20-16/h7-9,11,15H,2-6,10,18H2,1H3,(H,19,20). The molecule has 0 spiro atoms. The van der Waals surface area contributed by atoms with Crippen LogP contribution in [0.2, 0.25) is 0 Å². The van der Waals surface area contributed by atoms with Gasteiger partial charge in [0.15, 0.2) is 0 Å². The highest BCUT2D eigenvalue weighted by molar-refractivity contribution is 5.77. The Balaban J connectivity index is 1.93. The lowest BCUT2D eigenvalue weighted by atomic mass is 9.83. The monoisotopic (exact) mass is 290 g/mol. The van der Waals surface area contributed by atoms with Gasteiger partial charge in [-0.2, -0.15) is 0 Å². The first-order chi connectivity index (χ1) is 10.2. The van der Waals surface area contributed by atoms with E-state index in [0.29, 0.717) is 12.0 Å². The average Bonchev–Trinajstić information content (AvgIpc) is 2.91. The Morgan fingerprint density at radius 2 is 2.19 bits per heavy atom. The van der Waals surface area contributed by atoms with Gasteiger partial charge in [0.05, 0.1) is 11.0 Å². The third kappa shape index (κ3) is 2.75. The van der Waals surface area contributed by atoms with E-state index in [1.165, 1.54) is 31.4 Å². The van der Waals surface area contributed by atoms with Crippen molar-refractivity contribution in [2.24, 2.45) is 11.7 Å². The Hall–Kier alpha value is -1.62. The minimum atomic E-state index is -0.238. The molecular formula is C16H23FN4. The number of rotatable bonds is 4. The quantitative estimate of drug-likeness (QED) is 0.910. The minimum Gasteiger partial charge on any atom is -0.339 e. The number of halogens is 1. The topological polar surface area (TPSA) is 57.9 Å². The van der Waals surface area contributed by atoms with E-state index >= 15 is 0 Å². The lowest BCUT2D eigenvalue weighted by Crippen LogP contribution is -2.45. The van der Waals surface area contributed by atoms with Gasteiger partial charge in [0.2, 0.25) is 5.95 Å². The van der Waals surface area contributed by atoms with Crippen LogP contribution in [0.3, 0.4) is 0 Å². The van der Waals surface area contributed by atoms with Crippen LogP contribution in [0.4, 0.5) is 10.3 Å². The number of fused-ring (bicyclic) bond motifs is 1. The fraction of sp³-hybridized carbons (Fsp3) is 0.562. The summed E-state index contributed by atoms with van der Waals surface area (Å²) in [5.41, 5.74) is 7.52. The van der Waals surface area contributed by atoms with Crippen molar-refractivity contribution >= 4 is 17.0 Å². The van der Waals surface area contributed by atoms with Crippen LogP contribution in [0.15, 0.2) is 18.2 Å². The molecule has 1 aromatic heterocycles. The fourth-order valence-electron chi connectivity index (χ4n) is 3.52. The highest BCUT2D eigenvalue weighted by atomic mass is 19.1. The molecule has 5 heteroatoms. The molecule has 1 aliphatic rings. The van der Waals surface area contributed by atoms with E-state index in [0.717, 1.165) is 36.5 Å². The Morgan fingerprint density at radius 1 is 1.38 bits per heavy atom. The lowest BCUT2D eigenvalue weighted by Gasteiger charge is -2.39. The molecule has 1 fully saturated rings. The predicted molar refractivity (Wildman–Crippen MR) is 83.9 cm³/mol. The Labute approximate surface area is 124 Å². The summed E-state index contributed by atoms with van der Waals surface area (Å²) in [5, 5.41) is 0. The summed E-state index contributed by atoms with van der Waals surface area (Å²) >= 11 is 0. The molecule has 0 saturated heterocycles. The molecule has 2 aromatic rings. The molecule has 114 valence electrons. The number of hydrogen-bond acceptors (Lipinski definition) is 3. The fourth-order valence-corrected chi connectivity index (χ4v) is 3.52. The van der Waals surface area contributed by atoms with E-state index in [4.69, 9.17) is 5.73 Å². The van der Waals surface area contributed by atoms with Crippen LogP contribution in [-0.4, -0.2) is 29.1 Å². The number of nitrogens with two attached hydrogens (primary N) is 1. The molecule has 3 N–H and O–H groups in total. The van der Waals surface area contributed by atoms with E-state index in [9.17, 15) is 4.39 Å². The van der Waals surface area contributed by atoms with Gasteiger partial charge >= 0.3 is 0 Å². The van der Waals surface area contributed by atoms with Crippen LogP contribution in [0, 0.1) is 11.7 Å². The SMILES string of the molecule is CCN(c1nc2ccc(F)cc2[nH]1)C1CCCCC1CN.